The van der Waals surface area contributed by atoms with Crippen molar-refractivity contribution in [3.63, 3.8) is 0 Å². The van der Waals surface area contributed by atoms with Crippen molar-refractivity contribution in [1.82, 2.24) is 9.55 Å². The van der Waals surface area contributed by atoms with E-state index in [-0.39, 0.29) is 0 Å². The summed E-state index contributed by atoms with van der Waals surface area (Å²) in [5.74, 6) is 0.904. The average Bonchev–Trinajstić information content (AvgIpc) is 3.13. The SMILES string of the molecule is CCCCCC/N=C/c1nc2c(-c3ccccc3)ccc(-c3ccccc3)c2n1C. The number of benzene rings is 3. The van der Waals surface area contributed by atoms with Crippen molar-refractivity contribution in [2.75, 3.05) is 6.54 Å². The molecule has 3 nitrogen and oxygen atoms in total. The molecule has 0 atom stereocenters. The summed E-state index contributed by atoms with van der Waals surface area (Å²) in [7, 11) is 2.09. The van der Waals surface area contributed by atoms with Crippen LogP contribution in [-0.4, -0.2) is 22.3 Å². The molecule has 3 aromatic carbocycles. The summed E-state index contributed by atoms with van der Waals surface area (Å²) in [4.78, 5) is 9.69. The normalized spacial score (nSPS) is 11.5. The fraction of sp³-hybridized carbons (Fsp3) is 0.259. The smallest absolute Gasteiger partial charge is 0.151 e. The van der Waals surface area contributed by atoms with Gasteiger partial charge in [0.15, 0.2) is 5.82 Å². The van der Waals surface area contributed by atoms with Crippen LogP contribution >= 0.6 is 0 Å². The van der Waals surface area contributed by atoms with Gasteiger partial charge in [-0.2, -0.15) is 0 Å². The zero-order valence-corrected chi connectivity index (χ0v) is 17.9. The molecule has 0 aliphatic rings. The Morgan fingerprint density at radius 2 is 1.43 bits per heavy atom. The third-order valence-corrected chi connectivity index (χ3v) is 5.57. The summed E-state index contributed by atoms with van der Waals surface area (Å²) in [6.07, 6.45) is 6.85. The lowest BCUT2D eigenvalue weighted by Gasteiger charge is -2.09. The van der Waals surface area contributed by atoms with E-state index in [4.69, 9.17) is 4.98 Å². The molecule has 4 aromatic rings. The standard InChI is InChI=1S/C27H29N3/c1-3-4-5-12-19-28-20-25-29-26-23(21-13-8-6-9-14-21)17-18-24(27(26)30(25)2)22-15-10-7-11-16-22/h6-11,13-18,20H,3-5,12,19H2,1-2H3/b28-20+. The first kappa shape index (κ1) is 20.1. The van der Waals surface area contributed by atoms with E-state index in [1.807, 2.05) is 12.3 Å². The van der Waals surface area contributed by atoms with E-state index < -0.39 is 0 Å². The van der Waals surface area contributed by atoms with E-state index in [0.29, 0.717) is 0 Å². The minimum absolute atomic E-state index is 0.861. The number of hydrogen-bond acceptors (Lipinski definition) is 2. The van der Waals surface area contributed by atoms with E-state index in [2.05, 4.69) is 90.3 Å². The zero-order valence-electron chi connectivity index (χ0n) is 17.9. The molecule has 30 heavy (non-hydrogen) atoms. The summed E-state index contributed by atoms with van der Waals surface area (Å²) in [6.45, 7) is 3.09. The van der Waals surface area contributed by atoms with Gasteiger partial charge in [0.05, 0.1) is 17.2 Å². The maximum Gasteiger partial charge on any atom is 0.151 e. The Morgan fingerprint density at radius 3 is 2.10 bits per heavy atom. The molecule has 1 aromatic heterocycles. The van der Waals surface area contributed by atoms with Crippen molar-refractivity contribution in [2.45, 2.75) is 32.6 Å². The molecule has 152 valence electrons. The highest BCUT2D eigenvalue weighted by molar-refractivity contribution is 6.03. The molecule has 0 bridgehead atoms. The summed E-state index contributed by atoms with van der Waals surface area (Å²) in [6, 6.07) is 25.4. The minimum atomic E-state index is 0.861. The van der Waals surface area contributed by atoms with Crippen molar-refractivity contribution in [3.05, 3.63) is 78.6 Å². The lowest BCUT2D eigenvalue weighted by Crippen LogP contribution is -1.98. The van der Waals surface area contributed by atoms with Gasteiger partial charge in [0, 0.05) is 24.7 Å². The van der Waals surface area contributed by atoms with Gasteiger partial charge >= 0.3 is 0 Å². The first-order valence-corrected chi connectivity index (χ1v) is 10.9. The molecular formula is C27H29N3. The van der Waals surface area contributed by atoms with Crippen LogP contribution in [-0.2, 0) is 7.05 Å². The van der Waals surface area contributed by atoms with Gasteiger partial charge < -0.3 is 4.57 Å². The second-order valence-electron chi connectivity index (χ2n) is 7.71. The summed E-state index contributed by atoms with van der Waals surface area (Å²) >= 11 is 0. The Labute approximate surface area is 179 Å². The molecule has 0 spiro atoms. The monoisotopic (exact) mass is 395 g/mol. The third kappa shape index (κ3) is 4.20. The molecule has 0 amide bonds. The van der Waals surface area contributed by atoms with Crippen molar-refractivity contribution in [3.8, 4) is 22.3 Å². The Kier molecular flexibility index (Phi) is 6.38. The van der Waals surface area contributed by atoms with Crippen LogP contribution < -0.4 is 0 Å². The van der Waals surface area contributed by atoms with Crippen molar-refractivity contribution >= 4 is 17.2 Å². The molecule has 0 saturated carbocycles. The van der Waals surface area contributed by atoms with Gasteiger partial charge in [-0.25, -0.2) is 4.98 Å². The van der Waals surface area contributed by atoms with Crippen LogP contribution in [0.2, 0.25) is 0 Å². The number of hydrogen-bond donors (Lipinski definition) is 0. The molecule has 0 N–H and O–H groups in total. The molecule has 4 rings (SSSR count). The summed E-state index contributed by atoms with van der Waals surface area (Å²) in [5.41, 5.74) is 6.91. The highest BCUT2D eigenvalue weighted by Crippen LogP contribution is 2.35. The molecule has 0 aliphatic heterocycles. The molecule has 0 aliphatic carbocycles. The van der Waals surface area contributed by atoms with Crippen molar-refractivity contribution < 1.29 is 0 Å². The van der Waals surface area contributed by atoms with Crippen LogP contribution in [0.4, 0.5) is 0 Å². The molecule has 0 fully saturated rings. The molecule has 3 heteroatoms. The van der Waals surface area contributed by atoms with Gasteiger partial charge in [0.2, 0.25) is 0 Å². The molecule has 0 radical (unpaired) electrons. The quantitative estimate of drug-likeness (QED) is 0.235. The molecule has 1 heterocycles. The van der Waals surface area contributed by atoms with Crippen LogP contribution in [0.15, 0.2) is 77.8 Å². The van der Waals surface area contributed by atoms with E-state index in [0.717, 1.165) is 35.4 Å². The van der Waals surface area contributed by atoms with Gasteiger partial charge in [-0.3, -0.25) is 4.99 Å². The van der Waals surface area contributed by atoms with Crippen molar-refractivity contribution in [2.24, 2.45) is 12.0 Å². The Hall–Kier alpha value is -3.20. The van der Waals surface area contributed by atoms with E-state index in [1.165, 1.54) is 36.0 Å². The van der Waals surface area contributed by atoms with Crippen molar-refractivity contribution in [1.29, 1.82) is 0 Å². The fourth-order valence-corrected chi connectivity index (χ4v) is 3.93. The Morgan fingerprint density at radius 1 is 0.800 bits per heavy atom. The number of rotatable bonds is 8. The number of aliphatic imine (C=N–C) groups is 1. The average molecular weight is 396 g/mol. The van der Waals surface area contributed by atoms with E-state index in [9.17, 15) is 0 Å². The van der Waals surface area contributed by atoms with Gasteiger partial charge in [-0.1, -0.05) is 99.0 Å². The largest absolute Gasteiger partial charge is 0.326 e. The lowest BCUT2D eigenvalue weighted by atomic mass is 9.98. The van der Waals surface area contributed by atoms with Crippen LogP contribution in [0.3, 0.4) is 0 Å². The number of unbranched alkanes of at least 4 members (excludes halogenated alkanes) is 3. The van der Waals surface area contributed by atoms with E-state index in [1.54, 1.807) is 0 Å². The van der Waals surface area contributed by atoms with Crippen LogP contribution in [0.5, 0.6) is 0 Å². The molecule has 0 saturated heterocycles. The predicted molar refractivity (Wildman–Crippen MR) is 128 cm³/mol. The second-order valence-corrected chi connectivity index (χ2v) is 7.71. The van der Waals surface area contributed by atoms with Crippen LogP contribution in [0.25, 0.3) is 33.3 Å². The molecule has 0 unspecified atom stereocenters. The van der Waals surface area contributed by atoms with E-state index >= 15 is 0 Å². The summed E-state index contributed by atoms with van der Waals surface area (Å²) < 4.78 is 2.18. The predicted octanol–water partition coefficient (Wildman–Crippen LogP) is 6.91. The zero-order chi connectivity index (χ0) is 20.8. The number of nitrogens with zero attached hydrogens (tertiary/aromatic N) is 3. The highest BCUT2D eigenvalue weighted by atomic mass is 15.1. The highest BCUT2D eigenvalue weighted by Gasteiger charge is 2.16. The maximum atomic E-state index is 5.02. The Balaban J connectivity index is 1.79. The second kappa shape index (κ2) is 9.53. The first-order chi connectivity index (χ1) is 14.8. The lowest BCUT2D eigenvalue weighted by molar-refractivity contribution is 0.675. The van der Waals surface area contributed by atoms with Gasteiger partial charge in [-0.15, -0.1) is 0 Å². The third-order valence-electron chi connectivity index (χ3n) is 5.57. The summed E-state index contributed by atoms with van der Waals surface area (Å²) in [5, 5.41) is 0. The first-order valence-electron chi connectivity index (χ1n) is 10.9. The van der Waals surface area contributed by atoms with Crippen LogP contribution in [0.1, 0.15) is 38.4 Å². The van der Waals surface area contributed by atoms with Crippen LogP contribution in [0, 0.1) is 0 Å². The number of aryl methyl sites for hydroxylation is 1. The maximum absolute atomic E-state index is 5.02. The Bertz CT molecular complexity index is 1130. The number of fused-ring (bicyclic) bond motifs is 1. The number of imidazole rings is 1. The van der Waals surface area contributed by atoms with Gasteiger partial charge in [-0.05, 0) is 17.5 Å². The van der Waals surface area contributed by atoms with Gasteiger partial charge in [0.1, 0.15) is 0 Å². The topological polar surface area (TPSA) is 30.2 Å². The van der Waals surface area contributed by atoms with Gasteiger partial charge in [0.25, 0.3) is 0 Å². The fourth-order valence-electron chi connectivity index (χ4n) is 3.93. The molecular weight excluding hydrogens is 366 g/mol. The minimum Gasteiger partial charge on any atom is -0.326 e. The number of aromatic nitrogens is 2.